The van der Waals surface area contributed by atoms with Gasteiger partial charge in [0.2, 0.25) is 0 Å². The van der Waals surface area contributed by atoms with Gasteiger partial charge in [0.25, 0.3) is 11.8 Å². The maximum absolute atomic E-state index is 13.4. The molecule has 11 heteroatoms. The molecule has 0 atom stereocenters. The predicted molar refractivity (Wildman–Crippen MR) is 129 cm³/mol. The van der Waals surface area contributed by atoms with Crippen molar-refractivity contribution in [3.63, 3.8) is 0 Å². The lowest BCUT2D eigenvalue weighted by atomic mass is 9.95. The molecule has 0 saturated carbocycles. The first-order valence-corrected chi connectivity index (χ1v) is 11.8. The van der Waals surface area contributed by atoms with Gasteiger partial charge < -0.3 is 10.2 Å². The number of nitriles is 1. The van der Waals surface area contributed by atoms with Crippen LogP contribution in [0, 0.1) is 17.2 Å². The molecule has 37 heavy (non-hydrogen) atoms. The summed E-state index contributed by atoms with van der Waals surface area (Å²) in [5, 5.41) is 16.0. The smallest absolute Gasteiger partial charge is 0.322 e. The van der Waals surface area contributed by atoms with Crippen LogP contribution in [0.4, 0.5) is 24.5 Å². The molecule has 0 radical (unpaired) electrons. The van der Waals surface area contributed by atoms with Crippen LogP contribution in [0.25, 0.3) is 0 Å². The third-order valence-electron chi connectivity index (χ3n) is 6.52. The number of carbonyl (C=O) groups excluding carboxylic acids is 2. The zero-order valence-electron chi connectivity index (χ0n) is 19.7. The van der Waals surface area contributed by atoms with Gasteiger partial charge in [0.05, 0.1) is 29.9 Å². The molecular formula is C26H23F3N6O2. The molecule has 0 spiro atoms. The topological polar surface area (TPSA) is 94.3 Å². The average molecular weight is 509 g/mol. The lowest BCUT2D eigenvalue weighted by molar-refractivity contribution is -0.156. The van der Waals surface area contributed by atoms with Crippen LogP contribution in [0.1, 0.15) is 38.4 Å². The van der Waals surface area contributed by atoms with Crippen LogP contribution in [0.5, 0.6) is 0 Å². The summed E-state index contributed by atoms with van der Waals surface area (Å²) in [6.07, 6.45) is -3.51. The highest BCUT2D eigenvalue weighted by Crippen LogP contribution is 2.31. The van der Waals surface area contributed by atoms with Crippen molar-refractivity contribution in [3.8, 4) is 6.07 Å². The first-order valence-electron chi connectivity index (χ1n) is 11.8. The Balaban J connectivity index is 1.24. The lowest BCUT2D eigenvalue weighted by Crippen LogP contribution is -2.47. The highest BCUT2D eigenvalue weighted by atomic mass is 19.4. The summed E-state index contributed by atoms with van der Waals surface area (Å²) in [7, 11) is 0. The Bertz CT molecular complexity index is 1370. The fraction of sp³-hybridized carbons (Fsp3) is 0.308. The maximum Gasteiger partial charge on any atom is 0.389 e. The van der Waals surface area contributed by atoms with Gasteiger partial charge in [0.1, 0.15) is 5.69 Å². The van der Waals surface area contributed by atoms with Gasteiger partial charge in [-0.15, -0.1) is 0 Å². The summed E-state index contributed by atoms with van der Waals surface area (Å²) in [6.45, 7) is 2.17. The Kier molecular flexibility index (Phi) is 6.43. The first kappa shape index (κ1) is 24.5. The van der Waals surface area contributed by atoms with Gasteiger partial charge in [0, 0.05) is 44.0 Å². The number of likely N-dealkylation sites (tertiary alicyclic amines) is 1. The van der Waals surface area contributed by atoms with Gasteiger partial charge in [-0.05, 0) is 41.8 Å². The number of hydrogen-bond donors (Lipinski definition) is 1. The van der Waals surface area contributed by atoms with Crippen molar-refractivity contribution in [3.05, 3.63) is 77.1 Å². The number of amides is 2. The maximum atomic E-state index is 13.4. The Morgan fingerprint density at radius 1 is 1.14 bits per heavy atom. The molecule has 0 unspecified atom stereocenters. The highest BCUT2D eigenvalue weighted by molar-refractivity contribution is 6.15. The van der Waals surface area contributed by atoms with Crippen LogP contribution in [-0.2, 0) is 13.1 Å². The van der Waals surface area contributed by atoms with Crippen molar-refractivity contribution in [2.24, 2.45) is 5.92 Å². The van der Waals surface area contributed by atoms with Crippen LogP contribution in [-0.4, -0.2) is 52.3 Å². The van der Waals surface area contributed by atoms with E-state index in [1.165, 1.54) is 10.9 Å². The summed E-state index contributed by atoms with van der Waals surface area (Å²) in [4.78, 5) is 29.8. The molecule has 3 aromatic rings. The molecule has 2 aromatic carbocycles. The van der Waals surface area contributed by atoms with E-state index in [1.807, 2.05) is 23.1 Å². The second-order valence-electron chi connectivity index (χ2n) is 9.28. The summed E-state index contributed by atoms with van der Waals surface area (Å²) in [5.41, 5.74) is 2.76. The Hall–Kier alpha value is -4.17. The van der Waals surface area contributed by atoms with Crippen molar-refractivity contribution in [1.29, 1.82) is 5.26 Å². The molecule has 3 heterocycles. The van der Waals surface area contributed by atoms with Gasteiger partial charge in [-0.3, -0.25) is 19.2 Å². The molecule has 1 N–H and O–H groups in total. The number of benzene rings is 2. The zero-order chi connectivity index (χ0) is 26.2. The standard InChI is InChI=1S/C26H23F3N6O2/c27-26(28,29)11-19-15-33(16-19)14-17-4-6-21(7-5-17)34-8-9-35-23(25(34)37)22(13-31-35)24(36)32-20-3-1-2-18(10-20)12-30/h1-7,10,13,19H,8-9,11,14-16H2,(H,32,36). The van der Waals surface area contributed by atoms with Gasteiger partial charge in [0.15, 0.2) is 0 Å². The molecule has 1 fully saturated rings. The molecule has 0 bridgehead atoms. The third-order valence-corrected chi connectivity index (χ3v) is 6.52. The molecule has 2 amide bonds. The van der Waals surface area contributed by atoms with Gasteiger partial charge >= 0.3 is 6.18 Å². The first-order chi connectivity index (χ1) is 17.7. The second kappa shape index (κ2) is 9.71. The minimum absolute atomic E-state index is 0.139. The van der Waals surface area contributed by atoms with E-state index >= 15 is 0 Å². The number of rotatable bonds is 6. The number of fused-ring (bicyclic) bond motifs is 1. The van der Waals surface area contributed by atoms with Crippen molar-refractivity contribution in [2.75, 3.05) is 29.9 Å². The van der Waals surface area contributed by atoms with E-state index in [1.54, 1.807) is 41.3 Å². The number of hydrogen-bond acceptors (Lipinski definition) is 5. The van der Waals surface area contributed by atoms with Crippen molar-refractivity contribution in [1.82, 2.24) is 14.7 Å². The Morgan fingerprint density at radius 2 is 1.89 bits per heavy atom. The third kappa shape index (κ3) is 5.34. The molecule has 1 aromatic heterocycles. The van der Waals surface area contributed by atoms with Crippen molar-refractivity contribution >= 4 is 23.2 Å². The quantitative estimate of drug-likeness (QED) is 0.542. The van der Waals surface area contributed by atoms with Crippen LogP contribution in [0.2, 0.25) is 0 Å². The van der Waals surface area contributed by atoms with Gasteiger partial charge in [-0.25, -0.2) is 0 Å². The molecule has 2 aliphatic heterocycles. The molecule has 8 nitrogen and oxygen atoms in total. The molecule has 5 rings (SSSR count). The highest BCUT2D eigenvalue weighted by Gasteiger charge is 2.38. The van der Waals surface area contributed by atoms with Crippen LogP contribution in [0.3, 0.4) is 0 Å². The minimum Gasteiger partial charge on any atom is -0.322 e. The summed E-state index contributed by atoms with van der Waals surface area (Å²) in [5.74, 6) is -1.21. The summed E-state index contributed by atoms with van der Waals surface area (Å²) in [6, 6.07) is 15.8. The largest absolute Gasteiger partial charge is 0.389 e. The number of carbonyl (C=O) groups is 2. The molecule has 2 aliphatic rings. The van der Waals surface area contributed by atoms with E-state index in [9.17, 15) is 22.8 Å². The number of anilines is 2. The van der Waals surface area contributed by atoms with Gasteiger partial charge in [-0.1, -0.05) is 18.2 Å². The zero-order valence-corrected chi connectivity index (χ0v) is 19.7. The van der Waals surface area contributed by atoms with Crippen LogP contribution < -0.4 is 10.2 Å². The lowest BCUT2D eigenvalue weighted by Gasteiger charge is -2.39. The summed E-state index contributed by atoms with van der Waals surface area (Å²) < 4.78 is 39.0. The van der Waals surface area contributed by atoms with E-state index in [4.69, 9.17) is 5.26 Å². The van der Waals surface area contributed by atoms with E-state index in [-0.39, 0.29) is 23.1 Å². The van der Waals surface area contributed by atoms with Crippen LogP contribution in [0.15, 0.2) is 54.7 Å². The number of alkyl halides is 3. The van der Waals surface area contributed by atoms with Crippen LogP contribution >= 0.6 is 0 Å². The fourth-order valence-electron chi connectivity index (χ4n) is 4.78. The van der Waals surface area contributed by atoms with Crippen molar-refractivity contribution < 1.29 is 22.8 Å². The number of nitrogens with zero attached hydrogens (tertiary/aromatic N) is 5. The Labute approximate surface area is 210 Å². The predicted octanol–water partition coefficient (Wildman–Crippen LogP) is 4.05. The van der Waals surface area contributed by atoms with E-state index in [0.29, 0.717) is 49.7 Å². The van der Waals surface area contributed by atoms with E-state index < -0.39 is 18.5 Å². The van der Waals surface area contributed by atoms with E-state index in [2.05, 4.69) is 10.4 Å². The molecule has 190 valence electrons. The SMILES string of the molecule is N#Cc1cccc(NC(=O)c2cnn3c2C(=O)N(c2ccc(CN4CC(CC(F)(F)F)C4)cc2)CC3)c1. The van der Waals surface area contributed by atoms with Crippen molar-refractivity contribution in [2.45, 2.75) is 25.7 Å². The average Bonchev–Trinajstić information content (AvgIpc) is 3.28. The normalized spacial score (nSPS) is 16.2. The number of halogens is 3. The monoisotopic (exact) mass is 508 g/mol. The molecule has 0 aliphatic carbocycles. The summed E-state index contributed by atoms with van der Waals surface area (Å²) >= 11 is 0. The van der Waals surface area contributed by atoms with Gasteiger partial charge in [-0.2, -0.15) is 23.5 Å². The fourth-order valence-corrected chi connectivity index (χ4v) is 4.78. The van der Waals surface area contributed by atoms with E-state index in [0.717, 1.165) is 5.56 Å². The molecular weight excluding hydrogens is 485 g/mol. The molecule has 1 saturated heterocycles. The second-order valence-corrected chi connectivity index (χ2v) is 9.28. The minimum atomic E-state index is -4.13. The number of aromatic nitrogens is 2. The number of nitrogens with one attached hydrogen (secondary N) is 1. The Morgan fingerprint density at radius 3 is 2.59 bits per heavy atom.